The van der Waals surface area contributed by atoms with Crippen LogP contribution < -0.4 is 0 Å². The van der Waals surface area contributed by atoms with Gasteiger partial charge in [-0.2, -0.15) is 0 Å². The average Bonchev–Trinajstić information content (AvgIpc) is 3.18. The summed E-state index contributed by atoms with van der Waals surface area (Å²) in [6, 6.07) is 5.97. The fraction of sp³-hybridized carbons (Fsp3) is 0.520. The van der Waals surface area contributed by atoms with E-state index < -0.39 is 73.0 Å². The molecule has 6 N–H and O–H groups in total. The number of ether oxygens (including phenoxy) is 4. The molecule has 1 saturated carbocycles. The molecule has 0 spiro atoms. The first-order valence-corrected chi connectivity index (χ1v) is 11.8. The molecule has 1 saturated heterocycles. The topological polar surface area (TPSA) is 192 Å². The van der Waals surface area contributed by atoms with E-state index in [1.54, 1.807) is 12.1 Å². The Kier molecular flexibility index (Phi) is 7.88. The molecule has 12 nitrogen and oxygen atoms in total. The fourth-order valence-corrected chi connectivity index (χ4v) is 5.04. The van der Waals surface area contributed by atoms with Gasteiger partial charge in [-0.15, -0.1) is 0 Å². The summed E-state index contributed by atoms with van der Waals surface area (Å²) >= 11 is 0. The fourth-order valence-electron chi connectivity index (χ4n) is 5.04. The van der Waals surface area contributed by atoms with Crippen LogP contribution in [0, 0.1) is 11.8 Å². The molecule has 0 bridgehead atoms. The van der Waals surface area contributed by atoms with E-state index in [1.165, 1.54) is 25.1 Å². The van der Waals surface area contributed by atoms with Crippen LogP contribution >= 0.6 is 0 Å². The van der Waals surface area contributed by atoms with Crippen LogP contribution in [0.1, 0.15) is 25.3 Å². The number of hydrogen-bond donors (Lipinski definition) is 6. The van der Waals surface area contributed by atoms with Gasteiger partial charge in [0, 0.05) is 12.0 Å². The van der Waals surface area contributed by atoms with Crippen LogP contribution in [0.3, 0.4) is 0 Å². The van der Waals surface area contributed by atoms with Gasteiger partial charge in [0.2, 0.25) is 12.6 Å². The molecule has 37 heavy (non-hydrogen) atoms. The van der Waals surface area contributed by atoms with Crippen LogP contribution in [0.15, 0.2) is 42.2 Å². The predicted molar refractivity (Wildman–Crippen MR) is 123 cm³/mol. The summed E-state index contributed by atoms with van der Waals surface area (Å²) in [7, 11) is 0. The zero-order chi connectivity index (χ0) is 26.9. The number of fused-ring (bicyclic) bond motifs is 1. The largest absolute Gasteiger partial charge is 0.508 e. The first-order valence-electron chi connectivity index (χ1n) is 11.8. The summed E-state index contributed by atoms with van der Waals surface area (Å²) in [5, 5.41) is 60.4. The SMILES string of the molecule is C[C@]1(O)CC[C@@H]2C(C(=O)O)=CO[C@@H](O[C@H]3O[C@@H](CO)[C@@H](O)[C@@H](O)[C@H]3OC(=O)/C=C/c3ccc(O)cc3)[C@@H]21. The van der Waals surface area contributed by atoms with Gasteiger partial charge < -0.3 is 49.6 Å². The van der Waals surface area contributed by atoms with Crippen molar-refractivity contribution in [2.24, 2.45) is 11.8 Å². The lowest BCUT2D eigenvalue weighted by molar-refractivity contribution is -0.346. The highest BCUT2D eigenvalue weighted by molar-refractivity contribution is 5.87. The Morgan fingerprint density at radius 3 is 2.51 bits per heavy atom. The standard InChI is InChI=1S/C25H30O12/c1-25(33)9-8-14-15(22(31)32)11-34-23(18(14)25)37-24-21(20(30)19(29)16(10-26)35-24)36-17(28)7-4-12-2-5-13(27)6-3-12/h2-7,11,14,16,18-21,23-24,26-27,29-30,33H,8-10H2,1H3,(H,31,32)/b7-4+/t14-,16+,18-,19-,20-,21-,23+,24-,25+/m1/s1. The molecule has 1 aliphatic carbocycles. The Hall–Kier alpha value is -3.00. The van der Waals surface area contributed by atoms with Crippen molar-refractivity contribution < 1.29 is 59.2 Å². The third kappa shape index (κ3) is 5.64. The number of esters is 1. The summed E-state index contributed by atoms with van der Waals surface area (Å²) in [4.78, 5) is 24.2. The highest BCUT2D eigenvalue weighted by Gasteiger charge is 2.56. The van der Waals surface area contributed by atoms with E-state index in [2.05, 4.69) is 0 Å². The quantitative estimate of drug-likeness (QED) is 0.206. The Balaban J connectivity index is 1.55. The van der Waals surface area contributed by atoms with Crippen molar-refractivity contribution in [2.45, 2.75) is 62.4 Å². The summed E-state index contributed by atoms with van der Waals surface area (Å²) < 4.78 is 22.3. The van der Waals surface area contributed by atoms with Gasteiger partial charge >= 0.3 is 11.9 Å². The highest BCUT2D eigenvalue weighted by Crippen LogP contribution is 2.49. The van der Waals surface area contributed by atoms with Crippen molar-refractivity contribution in [3.63, 3.8) is 0 Å². The van der Waals surface area contributed by atoms with Crippen LogP contribution in [0.2, 0.25) is 0 Å². The Morgan fingerprint density at radius 1 is 1.16 bits per heavy atom. The molecule has 2 heterocycles. The van der Waals surface area contributed by atoms with Crippen LogP contribution in [-0.2, 0) is 28.5 Å². The number of benzene rings is 1. The van der Waals surface area contributed by atoms with Crippen molar-refractivity contribution in [3.05, 3.63) is 47.7 Å². The molecule has 9 atom stereocenters. The van der Waals surface area contributed by atoms with Crippen molar-refractivity contribution in [1.29, 1.82) is 0 Å². The molecule has 1 aromatic carbocycles. The van der Waals surface area contributed by atoms with Gasteiger partial charge in [0.15, 0.2) is 6.10 Å². The van der Waals surface area contributed by atoms with E-state index in [4.69, 9.17) is 18.9 Å². The van der Waals surface area contributed by atoms with Crippen LogP contribution in [-0.4, -0.2) is 91.8 Å². The minimum atomic E-state index is -1.71. The lowest BCUT2D eigenvalue weighted by Crippen LogP contribution is -2.61. The summed E-state index contributed by atoms with van der Waals surface area (Å²) in [6.07, 6.45) is -4.80. The van der Waals surface area contributed by atoms with E-state index in [-0.39, 0.29) is 17.7 Å². The molecule has 0 amide bonds. The number of aromatic hydroxyl groups is 1. The molecule has 4 rings (SSSR count). The second-order valence-corrected chi connectivity index (χ2v) is 9.58. The number of phenols is 1. The molecule has 202 valence electrons. The number of aliphatic hydroxyl groups excluding tert-OH is 3. The Morgan fingerprint density at radius 2 is 1.86 bits per heavy atom. The molecule has 1 aromatic rings. The van der Waals surface area contributed by atoms with E-state index in [0.29, 0.717) is 12.0 Å². The molecule has 0 radical (unpaired) electrons. The minimum absolute atomic E-state index is 0.0155. The van der Waals surface area contributed by atoms with E-state index >= 15 is 0 Å². The second-order valence-electron chi connectivity index (χ2n) is 9.58. The minimum Gasteiger partial charge on any atom is -0.508 e. The zero-order valence-corrected chi connectivity index (χ0v) is 19.9. The number of carbonyl (C=O) groups is 2. The number of aliphatic carboxylic acids is 1. The number of phenolic OH excluding ortho intramolecular Hbond substituents is 1. The third-order valence-corrected chi connectivity index (χ3v) is 7.03. The van der Waals surface area contributed by atoms with Crippen LogP contribution in [0.25, 0.3) is 6.08 Å². The number of hydrogen-bond acceptors (Lipinski definition) is 11. The predicted octanol–water partition coefficient (Wildman–Crippen LogP) is -0.125. The maximum atomic E-state index is 12.5. The van der Waals surface area contributed by atoms with E-state index in [1.807, 2.05) is 0 Å². The van der Waals surface area contributed by atoms with E-state index in [9.17, 15) is 40.2 Å². The third-order valence-electron chi connectivity index (χ3n) is 7.03. The number of carboxylic acid groups (broad SMARTS) is 1. The lowest BCUT2D eigenvalue weighted by atomic mass is 9.81. The Labute approximate surface area is 212 Å². The first-order chi connectivity index (χ1) is 17.5. The second kappa shape index (κ2) is 10.8. The normalized spacial score (nSPS) is 37.5. The van der Waals surface area contributed by atoms with Crippen molar-refractivity contribution in [2.75, 3.05) is 6.61 Å². The summed E-state index contributed by atoms with van der Waals surface area (Å²) in [5.74, 6) is -3.46. The zero-order valence-electron chi connectivity index (χ0n) is 19.9. The molecule has 2 aliphatic heterocycles. The summed E-state index contributed by atoms with van der Waals surface area (Å²) in [6.45, 7) is 0.850. The number of carbonyl (C=O) groups excluding carboxylic acids is 1. The Bertz CT molecular complexity index is 1050. The maximum Gasteiger partial charge on any atom is 0.334 e. The molecule has 2 fully saturated rings. The van der Waals surface area contributed by atoms with Crippen molar-refractivity contribution in [1.82, 2.24) is 0 Å². The van der Waals surface area contributed by atoms with Crippen molar-refractivity contribution in [3.8, 4) is 5.75 Å². The number of carboxylic acids is 1. The van der Waals surface area contributed by atoms with Gasteiger partial charge in [-0.25, -0.2) is 9.59 Å². The van der Waals surface area contributed by atoms with Gasteiger partial charge in [-0.1, -0.05) is 12.1 Å². The maximum absolute atomic E-state index is 12.5. The van der Waals surface area contributed by atoms with Crippen LogP contribution in [0.4, 0.5) is 0 Å². The van der Waals surface area contributed by atoms with Crippen LogP contribution in [0.5, 0.6) is 5.75 Å². The average molecular weight is 523 g/mol. The smallest absolute Gasteiger partial charge is 0.334 e. The lowest BCUT2D eigenvalue weighted by Gasteiger charge is -2.44. The summed E-state index contributed by atoms with van der Waals surface area (Å²) in [5.41, 5.74) is -0.792. The monoisotopic (exact) mass is 522 g/mol. The van der Waals surface area contributed by atoms with Gasteiger partial charge in [-0.05, 0) is 43.5 Å². The van der Waals surface area contributed by atoms with Gasteiger partial charge in [-0.3, -0.25) is 0 Å². The molecule has 3 aliphatic rings. The molecule has 12 heteroatoms. The molecule has 0 unspecified atom stereocenters. The highest BCUT2D eigenvalue weighted by atomic mass is 16.8. The van der Waals surface area contributed by atoms with Gasteiger partial charge in [0.25, 0.3) is 0 Å². The van der Waals surface area contributed by atoms with Gasteiger partial charge in [0.1, 0.15) is 24.1 Å². The molecular formula is C25H30O12. The molecule has 0 aromatic heterocycles. The number of aliphatic hydroxyl groups is 4. The molecular weight excluding hydrogens is 492 g/mol. The van der Waals surface area contributed by atoms with Gasteiger partial charge in [0.05, 0.1) is 30.0 Å². The number of rotatable bonds is 7. The first kappa shape index (κ1) is 27.0. The van der Waals surface area contributed by atoms with Crippen molar-refractivity contribution >= 4 is 18.0 Å². The van der Waals surface area contributed by atoms with E-state index in [0.717, 1.165) is 12.3 Å².